The molecule has 0 saturated carbocycles. The van der Waals surface area contributed by atoms with E-state index in [1.165, 1.54) is 6.07 Å². The van der Waals surface area contributed by atoms with Crippen LogP contribution in [0.2, 0.25) is 0 Å². The third-order valence-electron chi connectivity index (χ3n) is 1.40. The molecule has 0 amide bonds. The Bertz CT molecular complexity index is 372. The molecule has 0 aromatic carbocycles. The maximum atomic E-state index is 11.8. The lowest BCUT2D eigenvalue weighted by atomic mass is 10.3. The number of aromatic nitrogens is 1. The van der Waals surface area contributed by atoms with Crippen LogP contribution in [-0.4, -0.2) is 11.3 Å². The van der Waals surface area contributed by atoms with E-state index < -0.39 is 17.8 Å². The third-order valence-corrected chi connectivity index (χ3v) is 1.40. The number of alkyl halides is 3. The van der Waals surface area contributed by atoms with E-state index in [4.69, 9.17) is 5.73 Å². The van der Waals surface area contributed by atoms with Gasteiger partial charge in [0.15, 0.2) is 0 Å². The second kappa shape index (κ2) is 3.70. The second-order valence-electron chi connectivity index (χ2n) is 2.43. The molecule has 0 aliphatic carbocycles. The second-order valence-corrected chi connectivity index (χ2v) is 2.43. The first-order valence-electron chi connectivity index (χ1n) is 3.60. The first kappa shape index (κ1) is 10.6. The van der Waals surface area contributed by atoms with Gasteiger partial charge in [-0.15, -0.1) is 13.2 Å². The van der Waals surface area contributed by atoms with Crippen molar-refractivity contribution in [3.05, 3.63) is 28.0 Å². The number of hydrogen-bond donors (Lipinski definition) is 2. The average Bonchev–Trinajstić information content (AvgIpc) is 2.01. The van der Waals surface area contributed by atoms with Crippen LogP contribution in [0.25, 0.3) is 0 Å². The molecule has 4 nitrogen and oxygen atoms in total. The summed E-state index contributed by atoms with van der Waals surface area (Å²) in [5.41, 5.74) is 4.56. The first-order chi connectivity index (χ1) is 6.42. The smallest absolute Gasteiger partial charge is 0.389 e. The van der Waals surface area contributed by atoms with Crippen molar-refractivity contribution in [1.29, 1.82) is 0 Å². The Balaban J connectivity index is 3.05. The highest BCUT2D eigenvalue weighted by atomic mass is 19.4. The molecule has 0 aliphatic rings. The van der Waals surface area contributed by atoms with Crippen molar-refractivity contribution < 1.29 is 17.9 Å². The van der Waals surface area contributed by atoms with Gasteiger partial charge in [-0.25, -0.2) is 0 Å². The van der Waals surface area contributed by atoms with Gasteiger partial charge in [-0.3, -0.25) is 9.78 Å². The van der Waals surface area contributed by atoms with E-state index in [1.54, 1.807) is 0 Å². The van der Waals surface area contributed by atoms with Crippen molar-refractivity contribution in [3.8, 4) is 5.88 Å². The summed E-state index contributed by atoms with van der Waals surface area (Å²) in [5.74, 6) is -0.660. The molecule has 1 heterocycles. The molecule has 0 bridgehead atoms. The van der Waals surface area contributed by atoms with E-state index in [0.29, 0.717) is 0 Å². The zero-order chi connectivity index (χ0) is 10.8. The number of pyridine rings is 1. The van der Waals surface area contributed by atoms with Crippen molar-refractivity contribution in [1.82, 2.24) is 4.98 Å². The van der Waals surface area contributed by atoms with Crippen molar-refractivity contribution in [2.45, 2.75) is 12.9 Å². The van der Waals surface area contributed by atoms with Crippen LogP contribution in [0, 0.1) is 0 Å². The summed E-state index contributed by atoms with van der Waals surface area (Å²) in [6, 6.07) is 2.26. The van der Waals surface area contributed by atoms with Crippen LogP contribution in [0.1, 0.15) is 5.56 Å². The molecule has 0 atom stereocenters. The number of aromatic amines is 1. The molecule has 1 rings (SSSR count). The standard InChI is InChI=1S/C7H7F3N2O2/c8-7(9,10)14-6-4(3-11)1-2-5(13)12-6/h1-2H,3,11H2,(H,12,13). The molecule has 3 N–H and O–H groups in total. The predicted molar refractivity (Wildman–Crippen MR) is 41.6 cm³/mol. The Hall–Kier alpha value is -1.50. The molecule has 1 aromatic heterocycles. The molecule has 0 aliphatic heterocycles. The number of nitrogens with one attached hydrogen (secondary N) is 1. The largest absolute Gasteiger partial charge is 0.574 e. The zero-order valence-corrected chi connectivity index (χ0v) is 6.89. The van der Waals surface area contributed by atoms with Gasteiger partial charge in [0.2, 0.25) is 5.88 Å². The molecule has 14 heavy (non-hydrogen) atoms. The van der Waals surface area contributed by atoms with E-state index in [0.717, 1.165) is 6.07 Å². The molecule has 0 saturated heterocycles. The number of nitrogens with two attached hydrogens (primary N) is 1. The van der Waals surface area contributed by atoms with Gasteiger partial charge < -0.3 is 10.5 Å². The Morgan fingerprint density at radius 1 is 1.43 bits per heavy atom. The van der Waals surface area contributed by atoms with Gasteiger partial charge in [-0.05, 0) is 6.07 Å². The van der Waals surface area contributed by atoms with Crippen LogP contribution in [0.4, 0.5) is 13.2 Å². The molecule has 0 radical (unpaired) electrons. The van der Waals surface area contributed by atoms with E-state index in [1.807, 2.05) is 4.98 Å². The Morgan fingerprint density at radius 3 is 2.57 bits per heavy atom. The van der Waals surface area contributed by atoms with Crippen LogP contribution in [0.5, 0.6) is 5.88 Å². The SMILES string of the molecule is NCc1ccc(=O)[nH]c1OC(F)(F)F. The number of rotatable bonds is 2. The first-order valence-corrected chi connectivity index (χ1v) is 3.60. The summed E-state index contributed by atoms with van der Waals surface area (Å²) >= 11 is 0. The molecule has 0 spiro atoms. The summed E-state index contributed by atoms with van der Waals surface area (Å²) in [7, 11) is 0. The predicted octanol–water partition coefficient (Wildman–Crippen LogP) is 0.732. The number of halogens is 3. The maximum absolute atomic E-state index is 11.8. The molecular formula is C7H7F3N2O2. The fourth-order valence-electron chi connectivity index (χ4n) is 0.853. The van der Waals surface area contributed by atoms with Gasteiger partial charge >= 0.3 is 6.36 Å². The zero-order valence-electron chi connectivity index (χ0n) is 6.89. The quantitative estimate of drug-likeness (QED) is 0.752. The van der Waals surface area contributed by atoms with Crippen molar-refractivity contribution in [2.75, 3.05) is 0 Å². The monoisotopic (exact) mass is 208 g/mol. The fraction of sp³-hybridized carbons (Fsp3) is 0.286. The molecular weight excluding hydrogens is 201 g/mol. The van der Waals surface area contributed by atoms with Crippen molar-refractivity contribution in [2.24, 2.45) is 5.73 Å². The minimum atomic E-state index is -4.84. The Labute approximate surface area is 76.5 Å². The van der Waals surface area contributed by atoms with Crippen LogP contribution in [-0.2, 0) is 6.54 Å². The van der Waals surface area contributed by atoms with Crippen molar-refractivity contribution in [3.63, 3.8) is 0 Å². The van der Waals surface area contributed by atoms with Crippen LogP contribution >= 0.6 is 0 Å². The lowest BCUT2D eigenvalue weighted by Crippen LogP contribution is -2.21. The average molecular weight is 208 g/mol. The summed E-state index contributed by atoms with van der Waals surface area (Å²) in [4.78, 5) is 12.6. The third kappa shape index (κ3) is 2.77. The van der Waals surface area contributed by atoms with Gasteiger partial charge in [0.1, 0.15) is 0 Å². The van der Waals surface area contributed by atoms with Gasteiger partial charge in [0.25, 0.3) is 5.56 Å². The molecule has 0 fully saturated rings. The lowest BCUT2D eigenvalue weighted by Gasteiger charge is -2.10. The van der Waals surface area contributed by atoms with Crippen LogP contribution < -0.4 is 16.0 Å². The van der Waals surface area contributed by atoms with Gasteiger partial charge in [0.05, 0.1) is 0 Å². The minimum Gasteiger partial charge on any atom is -0.389 e. The van der Waals surface area contributed by atoms with Gasteiger partial charge in [-0.1, -0.05) is 0 Å². The van der Waals surface area contributed by atoms with Crippen LogP contribution in [0.3, 0.4) is 0 Å². The van der Waals surface area contributed by atoms with Gasteiger partial charge in [0, 0.05) is 18.2 Å². The molecule has 7 heteroatoms. The summed E-state index contributed by atoms with van der Waals surface area (Å²) in [6.07, 6.45) is -4.84. The minimum absolute atomic E-state index is 0.0851. The van der Waals surface area contributed by atoms with Gasteiger partial charge in [-0.2, -0.15) is 0 Å². The Morgan fingerprint density at radius 2 is 2.07 bits per heavy atom. The molecule has 1 aromatic rings. The molecule has 78 valence electrons. The Kier molecular flexibility index (Phi) is 2.80. The number of H-pyrrole nitrogens is 1. The normalized spacial score (nSPS) is 11.4. The highest BCUT2D eigenvalue weighted by Crippen LogP contribution is 2.22. The van der Waals surface area contributed by atoms with E-state index in [2.05, 4.69) is 4.74 Å². The summed E-state index contributed by atoms with van der Waals surface area (Å²) in [6.45, 7) is -0.151. The molecule has 0 unspecified atom stereocenters. The highest BCUT2D eigenvalue weighted by Gasteiger charge is 2.32. The van der Waals surface area contributed by atoms with E-state index in [9.17, 15) is 18.0 Å². The topological polar surface area (TPSA) is 68.1 Å². The number of ether oxygens (including phenoxy) is 1. The van der Waals surface area contributed by atoms with Crippen molar-refractivity contribution >= 4 is 0 Å². The number of hydrogen-bond acceptors (Lipinski definition) is 3. The highest BCUT2D eigenvalue weighted by molar-refractivity contribution is 5.25. The van der Waals surface area contributed by atoms with E-state index in [-0.39, 0.29) is 12.1 Å². The maximum Gasteiger partial charge on any atom is 0.574 e. The van der Waals surface area contributed by atoms with Crippen LogP contribution in [0.15, 0.2) is 16.9 Å². The fourth-order valence-corrected chi connectivity index (χ4v) is 0.853. The van der Waals surface area contributed by atoms with E-state index >= 15 is 0 Å². The summed E-state index contributed by atoms with van der Waals surface area (Å²) < 4.78 is 39.0. The summed E-state index contributed by atoms with van der Waals surface area (Å²) in [5, 5.41) is 0. The lowest BCUT2D eigenvalue weighted by molar-refractivity contribution is -0.276.